The first-order chi connectivity index (χ1) is 11.6. The molecule has 1 aliphatic heterocycles. The van der Waals surface area contributed by atoms with Crippen LogP contribution in [0.5, 0.6) is 0 Å². The van der Waals surface area contributed by atoms with Crippen molar-refractivity contribution in [3.05, 3.63) is 35.7 Å². The Morgan fingerprint density at radius 3 is 2.50 bits per heavy atom. The molecule has 1 unspecified atom stereocenters. The number of hydrogen-bond acceptors (Lipinski definition) is 5. The molecule has 0 saturated carbocycles. The van der Waals surface area contributed by atoms with Gasteiger partial charge in [-0.15, -0.1) is 0 Å². The minimum Gasteiger partial charge on any atom is -0.340 e. The molecule has 6 heteroatoms. The molecule has 24 heavy (non-hydrogen) atoms. The summed E-state index contributed by atoms with van der Waals surface area (Å²) in [6.45, 7) is 9.21. The first-order valence-corrected chi connectivity index (χ1v) is 8.51. The van der Waals surface area contributed by atoms with Crippen LogP contribution in [-0.2, 0) is 4.79 Å². The van der Waals surface area contributed by atoms with E-state index in [1.807, 2.05) is 36.1 Å². The molecule has 1 saturated heterocycles. The maximum atomic E-state index is 11.8. The number of carbonyl (C=O) groups is 1. The lowest BCUT2D eigenvalue weighted by Crippen LogP contribution is -2.49. The maximum absolute atomic E-state index is 11.8. The summed E-state index contributed by atoms with van der Waals surface area (Å²) in [6.07, 6.45) is 0.569. The van der Waals surface area contributed by atoms with Crippen LogP contribution in [0.3, 0.4) is 0 Å². The molecular weight excluding hydrogens is 304 g/mol. The quantitative estimate of drug-likeness (QED) is 0.863. The standard InChI is InChI=1S/C18H24N4O2/c1-4-16(23)22-11-9-21(10-12-22)14(3)18-19-17(20-24-18)15-7-5-13(2)6-8-15/h5-8,14H,4,9-12H2,1-3H3. The van der Waals surface area contributed by atoms with Crippen LogP contribution in [0.2, 0.25) is 0 Å². The number of hydrogen-bond donors (Lipinski definition) is 0. The van der Waals surface area contributed by atoms with Gasteiger partial charge in [-0.3, -0.25) is 9.69 Å². The van der Waals surface area contributed by atoms with Gasteiger partial charge in [-0.05, 0) is 13.8 Å². The van der Waals surface area contributed by atoms with Crippen LogP contribution in [0.25, 0.3) is 11.4 Å². The highest BCUT2D eigenvalue weighted by Gasteiger charge is 2.27. The predicted octanol–water partition coefficient (Wildman–Crippen LogP) is 2.66. The Morgan fingerprint density at radius 1 is 1.21 bits per heavy atom. The van der Waals surface area contributed by atoms with Gasteiger partial charge < -0.3 is 9.42 Å². The van der Waals surface area contributed by atoms with Crippen molar-refractivity contribution >= 4 is 5.91 Å². The summed E-state index contributed by atoms with van der Waals surface area (Å²) < 4.78 is 5.48. The third-order valence-corrected chi connectivity index (χ3v) is 4.63. The van der Waals surface area contributed by atoms with Crippen LogP contribution in [0.1, 0.15) is 37.8 Å². The number of piperazine rings is 1. The van der Waals surface area contributed by atoms with Gasteiger partial charge in [-0.2, -0.15) is 4.98 Å². The van der Waals surface area contributed by atoms with E-state index in [2.05, 4.69) is 28.9 Å². The monoisotopic (exact) mass is 328 g/mol. The lowest BCUT2D eigenvalue weighted by Gasteiger charge is -2.36. The van der Waals surface area contributed by atoms with Crippen molar-refractivity contribution in [1.29, 1.82) is 0 Å². The Hall–Kier alpha value is -2.21. The molecule has 1 aromatic heterocycles. The summed E-state index contributed by atoms with van der Waals surface area (Å²) in [4.78, 5) is 20.5. The summed E-state index contributed by atoms with van der Waals surface area (Å²) in [6, 6.07) is 8.14. The van der Waals surface area contributed by atoms with Crippen LogP contribution >= 0.6 is 0 Å². The van der Waals surface area contributed by atoms with E-state index >= 15 is 0 Å². The number of aromatic nitrogens is 2. The lowest BCUT2D eigenvalue weighted by molar-refractivity contribution is -0.132. The topological polar surface area (TPSA) is 62.5 Å². The van der Waals surface area contributed by atoms with E-state index in [0.29, 0.717) is 18.1 Å². The predicted molar refractivity (Wildman–Crippen MR) is 91.3 cm³/mol. The molecule has 1 atom stereocenters. The Morgan fingerprint density at radius 2 is 1.88 bits per heavy atom. The molecule has 1 amide bonds. The second-order valence-electron chi connectivity index (χ2n) is 6.27. The highest BCUT2D eigenvalue weighted by atomic mass is 16.5. The third-order valence-electron chi connectivity index (χ3n) is 4.63. The fraction of sp³-hybridized carbons (Fsp3) is 0.500. The Labute approximate surface area is 142 Å². The highest BCUT2D eigenvalue weighted by molar-refractivity contribution is 5.75. The van der Waals surface area contributed by atoms with Crippen LogP contribution in [0, 0.1) is 6.92 Å². The SMILES string of the molecule is CCC(=O)N1CCN(C(C)c2nc(-c3ccc(C)cc3)no2)CC1. The third kappa shape index (κ3) is 3.48. The molecule has 0 N–H and O–H groups in total. The van der Waals surface area contributed by atoms with E-state index in [1.165, 1.54) is 5.56 Å². The van der Waals surface area contributed by atoms with Crippen LogP contribution < -0.4 is 0 Å². The number of benzene rings is 1. The summed E-state index contributed by atoms with van der Waals surface area (Å²) in [5.41, 5.74) is 2.16. The number of aryl methyl sites for hydroxylation is 1. The molecule has 3 rings (SSSR count). The van der Waals surface area contributed by atoms with E-state index < -0.39 is 0 Å². The van der Waals surface area contributed by atoms with Gasteiger partial charge in [0.05, 0.1) is 6.04 Å². The molecule has 1 aliphatic rings. The second kappa shape index (κ2) is 7.13. The second-order valence-corrected chi connectivity index (χ2v) is 6.27. The molecule has 0 spiro atoms. The normalized spacial score (nSPS) is 17.0. The van der Waals surface area contributed by atoms with E-state index in [9.17, 15) is 4.79 Å². The summed E-state index contributed by atoms with van der Waals surface area (Å²) >= 11 is 0. The van der Waals surface area contributed by atoms with Gasteiger partial charge >= 0.3 is 0 Å². The van der Waals surface area contributed by atoms with E-state index in [1.54, 1.807) is 0 Å². The van der Waals surface area contributed by atoms with Crippen LogP contribution in [-0.4, -0.2) is 52.0 Å². The van der Waals surface area contributed by atoms with Crippen molar-refractivity contribution in [3.63, 3.8) is 0 Å². The van der Waals surface area contributed by atoms with E-state index in [0.717, 1.165) is 31.7 Å². The van der Waals surface area contributed by atoms with Crippen molar-refractivity contribution in [3.8, 4) is 11.4 Å². The minimum absolute atomic E-state index is 0.0515. The van der Waals surface area contributed by atoms with Crippen molar-refractivity contribution in [2.45, 2.75) is 33.2 Å². The number of nitrogens with zero attached hydrogens (tertiary/aromatic N) is 4. The summed E-state index contributed by atoms with van der Waals surface area (Å²) in [5, 5.41) is 4.11. The molecule has 1 aromatic carbocycles. The van der Waals surface area contributed by atoms with E-state index in [-0.39, 0.29) is 11.9 Å². The summed E-state index contributed by atoms with van der Waals surface area (Å²) in [7, 11) is 0. The van der Waals surface area contributed by atoms with Crippen molar-refractivity contribution in [2.24, 2.45) is 0 Å². The Kier molecular flexibility index (Phi) is 4.94. The summed E-state index contributed by atoms with van der Waals surface area (Å²) in [5.74, 6) is 1.47. The van der Waals surface area contributed by atoms with Gasteiger partial charge in [0, 0.05) is 38.2 Å². The van der Waals surface area contributed by atoms with E-state index in [4.69, 9.17) is 4.52 Å². The van der Waals surface area contributed by atoms with Gasteiger partial charge in [0.15, 0.2) is 0 Å². The van der Waals surface area contributed by atoms with Gasteiger partial charge in [-0.25, -0.2) is 0 Å². The smallest absolute Gasteiger partial charge is 0.244 e. The van der Waals surface area contributed by atoms with Crippen molar-refractivity contribution < 1.29 is 9.32 Å². The zero-order valence-corrected chi connectivity index (χ0v) is 14.5. The first-order valence-electron chi connectivity index (χ1n) is 8.51. The maximum Gasteiger partial charge on any atom is 0.244 e. The zero-order valence-electron chi connectivity index (χ0n) is 14.5. The zero-order chi connectivity index (χ0) is 17.1. The minimum atomic E-state index is 0.0515. The van der Waals surface area contributed by atoms with Gasteiger partial charge in [0.1, 0.15) is 0 Å². The number of amides is 1. The fourth-order valence-corrected chi connectivity index (χ4v) is 2.96. The molecule has 2 aromatic rings. The molecule has 128 valence electrons. The Bertz CT molecular complexity index is 687. The van der Waals surface area contributed by atoms with Crippen molar-refractivity contribution in [1.82, 2.24) is 19.9 Å². The lowest BCUT2D eigenvalue weighted by atomic mass is 10.1. The fourth-order valence-electron chi connectivity index (χ4n) is 2.96. The molecule has 0 aliphatic carbocycles. The Balaban J connectivity index is 1.65. The molecule has 6 nitrogen and oxygen atoms in total. The molecular formula is C18H24N4O2. The molecule has 1 fully saturated rings. The first kappa shape index (κ1) is 16.6. The number of carbonyl (C=O) groups excluding carboxylic acids is 1. The van der Waals surface area contributed by atoms with Crippen LogP contribution in [0.15, 0.2) is 28.8 Å². The van der Waals surface area contributed by atoms with Gasteiger partial charge in [0.25, 0.3) is 0 Å². The average molecular weight is 328 g/mol. The van der Waals surface area contributed by atoms with Gasteiger partial charge in [0.2, 0.25) is 17.6 Å². The van der Waals surface area contributed by atoms with Crippen LogP contribution in [0.4, 0.5) is 0 Å². The molecule has 0 bridgehead atoms. The largest absolute Gasteiger partial charge is 0.340 e. The number of rotatable bonds is 4. The highest BCUT2D eigenvalue weighted by Crippen LogP contribution is 2.23. The average Bonchev–Trinajstić information content (AvgIpc) is 3.11. The van der Waals surface area contributed by atoms with Gasteiger partial charge in [-0.1, -0.05) is 41.9 Å². The molecule has 2 heterocycles. The molecule has 0 radical (unpaired) electrons. The van der Waals surface area contributed by atoms with Crippen molar-refractivity contribution in [2.75, 3.05) is 26.2 Å².